The Hall–Kier alpha value is -1.76. The molecule has 0 heterocycles. The summed E-state index contributed by atoms with van der Waals surface area (Å²) in [6, 6.07) is 11.8. The maximum Gasteiger partial charge on any atom is 0.240 e. The maximum atomic E-state index is 12.3. The molecular formula is C18H22ClNO4S. The van der Waals surface area contributed by atoms with Crippen LogP contribution < -0.4 is 14.2 Å². The lowest BCUT2D eigenvalue weighted by Gasteiger charge is -2.13. The van der Waals surface area contributed by atoms with E-state index < -0.39 is 10.0 Å². The normalized spacial score (nSPS) is 11.3. The molecule has 0 bridgehead atoms. The molecule has 2 rings (SSSR count). The van der Waals surface area contributed by atoms with E-state index in [1.54, 1.807) is 12.1 Å². The zero-order valence-electron chi connectivity index (χ0n) is 14.3. The van der Waals surface area contributed by atoms with E-state index in [-0.39, 0.29) is 11.4 Å². The van der Waals surface area contributed by atoms with Gasteiger partial charge in [0.15, 0.2) is 11.5 Å². The Morgan fingerprint density at radius 1 is 1.00 bits per heavy atom. The second-order valence-corrected chi connectivity index (χ2v) is 7.46. The lowest BCUT2D eigenvalue weighted by Crippen LogP contribution is -2.26. The van der Waals surface area contributed by atoms with E-state index in [0.717, 1.165) is 5.56 Å². The highest BCUT2D eigenvalue weighted by Gasteiger charge is 2.14. The molecule has 0 aromatic heterocycles. The van der Waals surface area contributed by atoms with Gasteiger partial charge < -0.3 is 9.47 Å². The second kappa shape index (κ2) is 9.08. The van der Waals surface area contributed by atoms with Crippen molar-refractivity contribution in [2.24, 2.45) is 0 Å². The zero-order chi connectivity index (χ0) is 18.3. The lowest BCUT2D eigenvalue weighted by atomic mass is 10.1. The van der Waals surface area contributed by atoms with Crippen molar-refractivity contribution in [2.75, 3.05) is 19.8 Å². The molecule has 25 heavy (non-hydrogen) atoms. The van der Waals surface area contributed by atoms with Gasteiger partial charge in [-0.15, -0.1) is 0 Å². The molecule has 7 heteroatoms. The van der Waals surface area contributed by atoms with Gasteiger partial charge in [0.05, 0.1) is 18.1 Å². The van der Waals surface area contributed by atoms with Gasteiger partial charge in [-0.05, 0) is 56.2 Å². The molecule has 0 spiro atoms. The van der Waals surface area contributed by atoms with Gasteiger partial charge in [-0.25, -0.2) is 13.1 Å². The average Bonchev–Trinajstić information content (AvgIpc) is 2.57. The van der Waals surface area contributed by atoms with E-state index in [0.29, 0.717) is 36.2 Å². The SMILES string of the molecule is CCOc1ccc(CCNS(=O)(=O)c2cccc(Cl)c2)cc1OCC. The van der Waals surface area contributed by atoms with Gasteiger partial charge in [0.2, 0.25) is 10.0 Å². The molecule has 1 N–H and O–H groups in total. The Morgan fingerprint density at radius 3 is 2.40 bits per heavy atom. The first kappa shape index (κ1) is 19.6. The van der Waals surface area contributed by atoms with E-state index in [9.17, 15) is 8.42 Å². The van der Waals surface area contributed by atoms with Gasteiger partial charge in [-0.2, -0.15) is 0 Å². The van der Waals surface area contributed by atoms with E-state index in [2.05, 4.69) is 4.72 Å². The lowest BCUT2D eigenvalue weighted by molar-refractivity contribution is 0.287. The molecule has 2 aromatic rings. The van der Waals surface area contributed by atoms with Crippen LogP contribution in [0.4, 0.5) is 0 Å². The highest BCUT2D eigenvalue weighted by atomic mass is 35.5. The van der Waals surface area contributed by atoms with Crippen molar-refractivity contribution in [3.05, 3.63) is 53.1 Å². The summed E-state index contributed by atoms with van der Waals surface area (Å²) in [5, 5.41) is 0.385. The van der Waals surface area contributed by atoms with Crippen LogP contribution in [0.3, 0.4) is 0 Å². The fourth-order valence-corrected chi connectivity index (χ4v) is 3.63. The third kappa shape index (κ3) is 5.63. The molecule has 0 radical (unpaired) electrons. The third-order valence-corrected chi connectivity index (χ3v) is 5.11. The second-order valence-electron chi connectivity index (χ2n) is 5.25. The fraction of sp³-hybridized carbons (Fsp3) is 0.333. The molecule has 0 unspecified atom stereocenters. The Labute approximate surface area is 154 Å². The van der Waals surface area contributed by atoms with Crippen LogP contribution in [0.25, 0.3) is 0 Å². The number of hydrogen-bond donors (Lipinski definition) is 1. The first-order chi connectivity index (χ1) is 12.0. The average molecular weight is 384 g/mol. The molecular weight excluding hydrogens is 362 g/mol. The predicted molar refractivity (Wildman–Crippen MR) is 99.1 cm³/mol. The van der Waals surface area contributed by atoms with Gasteiger partial charge in [0.25, 0.3) is 0 Å². The minimum Gasteiger partial charge on any atom is -0.490 e. The number of nitrogens with one attached hydrogen (secondary N) is 1. The Bertz CT molecular complexity index is 808. The van der Waals surface area contributed by atoms with Crippen molar-refractivity contribution in [1.82, 2.24) is 4.72 Å². The van der Waals surface area contributed by atoms with Crippen LogP contribution in [0.1, 0.15) is 19.4 Å². The summed E-state index contributed by atoms with van der Waals surface area (Å²) in [6.07, 6.45) is 0.534. The van der Waals surface area contributed by atoms with E-state index >= 15 is 0 Å². The molecule has 0 saturated carbocycles. The summed E-state index contributed by atoms with van der Waals surface area (Å²) in [4.78, 5) is 0.154. The maximum absolute atomic E-state index is 12.3. The van der Waals surface area contributed by atoms with Gasteiger partial charge in [-0.1, -0.05) is 23.7 Å². The number of rotatable bonds is 9. The molecule has 0 atom stereocenters. The summed E-state index contributed by atoms with van der Waals surface area (Å²) in [5.41, 5.74) is 0.959. The highest BCUT2D eigenvalue weighted by molar-refractivity contribution is 7.89. The number of hydrogen-bond acceptors (Lipinski definition) is 4. The van der Waals surface area contributed by atoms with Crippen LogP contribution in [-0.4, -0.2) is 28.2 Å². The van der Waals surface area contributed by atoms with Crippen LogP contribution in [-0.2, 0) is 16.4 Å². The molecule has 0 saturated heterocycles. The van der Waals surface area contributed by atoms with Crippen molar-refractivity contribution in [1.29, 1.82) is 0 Å². The molecule has 0 aliphatic carbocycles. The predicted octanol–water partition coefficient (Wildman–Crippen LogP) is 3.66. The van der Waals surface area contributed by atoms with Crippen molar-refractivity contribution >= 4 is 21.6 Å². The Morgan fingerprint density at radius 2 is 1.72 bits per heavy atom. The Balaban J connectivity index is 2.02. The summed E-state index contributed by atoms with van der Waals surface area (Å²) in [6.45, 7) is 5.17. The molecule has 0 fully saturated rings. The van der Waals surface area contributed by atoms with Crippen molar-refractivity contribution in [2.45, 2.75) is 25.2 Å². The summed E-state index contributed by atoms with van der Waals surface area (Å²) < 4.78 is 38.2. The van der Waals surface area contributed by atoms with Crippen LogP contribution >= 0.6 is 11.6 Å². The van der Waals surface area contributed by atoms with Gasteiger partial charge in [0, 0.05) is 11.6 Å². The van der Waals surface area contributed by atoms with Crippen LogP contribution in [0, 0.1) is 0 Å². The number of ether oxygens (including phenoxy) is 2. The minimum absolute atomic E-state index is 0.154. The summed E-state index contributed by atoms with van der Waals surface area (Å²) >= 11 is 5.85. The first-order valence-electron chi connectivity index (χ1n) is 8.10. The van der Waals surface area contributed by atoms with Crippen molar-refractivity contribution in [3.8, 4) is 11.5 Å². The third-order valence-electron chi connectivity index (χ3n) is 3.42. The van der Waals surface area contributed by atoms with Crippen LogP contribution in [0.2, 0.25) is 5.02 Å². The van der Waals surface area contributed by atoms with E-state index in [4.69, 9.17) is 21.1 Å². The zero-order valence-corrected chi connectivity index (χ0v) is 15.9. The number of halogens is 1. The van der Waals surface area contributed by atoms with Gasteiger partial charge >= 0.3 is 0 Å². The molecule has 136 valence electrons. The highest BCUT2D eigenvalue weighted by Crippen LogP contribution is 2.28. The minimum atomic E-state index is -3.58. The molecule has 0 aliphatic rings. The largest absolute Gasteiger partial charge is 0.490 e. The first-order valence-corrected chi connectivity index (χ1v) is 9.96. The van der Waals surface area contributed by atoms with E-state index in [1.807, 2.05) is 32.0 Å². The molecule has 0 amide bonds. The van der Waals surface area contributed by atoms with Gasteiger partial charge in [0.1, 0.15) is 0 Å². The molecule has 0 aliphatic heterocycles. The number of sulfonamides is 1. The topological polar surface area (TPSA) is 64.6 Å². The smallest absolute Gasteiger partial charge is 0.240 e. The molecule has 5 nitrogen and oxygen atoms in total. The van der Waals surface area contributed by atoms with Crippen LogP contribution in [0.15, 0.2) is 47.4 Å². The summed E-state index contributed by atoms with van der Waals surface area (Å²) in [7, 11) is -3.58. The van der Waals surface area contributed by atoms with Crippen molar-refractivity contribution in [3.63, 3.8) is 0 Å². The fourth-order valence-electron chi connectivity index (χ4n) is 2.30. The standard InChI is InChI=1S/C18H22ClNO4S/c1-3-23-17-9-8-14(12-18(17)24-4-2)10-11-20-25(21,22)16-7-5-6-15(19)13-16/h5-9,12-13,20H,3-4,10-11H2,1-2H3. The van der Waals surface area contributed by atoms with Crippen LogP contribution in [0.5, 0.6) is 11.5 Å². The van der Waals surface area contributed by atoms with E-state index in [1.165, 1.54) is 12.1 Å². The molecule has 2 aromatic carbocycles. The monoisotopic (exact) mass is 383 g/mol. The Kier molecular flexibility index (Phi) is 7.11. The quantitative estimate of drug-likeness (QED) is 0.717. The summed E-state index contributed by atoms with van der Waals surface area (Å²) in [5.74, 6) is 1.35. The van der Waals surface area contributed by atoms with Crippen molar-refractivity contribution < 1.29 is 17.9 Å². The van der Waals surface area contributed by atoms with Gasteiger partial charge in [-0.3, -0.25) is 0 Å². The number of benzene rings is 2.